The third-order valence-electron chi connectivity index (χ3n) is 5.22. The molecule has 0 N–H and O–H groups in total. The fraction of sp³-hybridized carbons (Fsp3) is 0.280. The van der Waals surface area contributed by atoms with E-state index < -0.39 is 0 Å². The Morgan fingerprint density at radius 3 is 1.62 bits per heavy atom. The molecule has 0 heterocycles. The Morgan fingerprint density at radius 1 is 0.615 bits per heavy atom. The molecule has 0 radical (unpaired) electrons. The number of anilines is 2. The Labute approximate surface area is 158 Å². The number of rotatable bonds is 3. The van der Waals surface area contributed by atoms with Gasteiger partial charge in [-0.05, 0) is 71.3 Å². The normalized spacial score (nSPS) is 11.5. The molecule has 3 aromatic rings. The van der Waals surface area contributed by atoms with Crippen LogP contribution in [0.4, 0.5) is 11.4 Å². The predicted octanol–water partition coefficient (Wildman–Crippen LogP) is 7.04. The molecule has 0 amide bonds. The smallest absolute Gasteiger partial charge is 0.0410 e. The summed E-state index contributed by atoms with van der Waals surface area (Å²) in [5, 5.41) is 0. The van der Waals surface area contributed by atoms with Crippen LogP contribution in [0.3, 0.4) is 0 Å². The lowest BCUT2D eigenvalue weighted by atomic mass is 9.86. The second-order valence-electron chi connectivity index (χ2n) is 8.20. The Kier molecular flexibility index (Phi) is 4.91. The van der Waals surface area contributed by atoms with Crippen molar-refractivity contribution in [2.45, 2.75) is 40.0 Å². The highest BCUT2D eigenvalue weighted by atomic mass is 15.1. The lowest BCUT2D eigenvalue weighted by Crippen LogP contribution is -2.10. The first-order chi connectivity index (χ1) is 12.3. The summed E-state index contributed by atoms with van der Waals surface area (Å²) >= 11 is 0. The maximum atomic E-state index is 2.25. The molecule has 1 heteroatoms. The number of hydrogen-bond acceptors (Lipinski definition) is 1. The molecule has 3 aromatic carbocycles. The molecule has 26 heavy (non-hydrogen) atoms. The Balaban J connectivity index is 1.82. The van der Waals surface area contributed by atoms with Gasteiger partial charge in [-0.25, -0.2) is 0 Å². The summed E-state index contributed by atoms with van der Waals surface area (Å²) in [6, 6.07) is 24.4. The summed E-state index contributed by atoms with van der Waals surface area (Å²) in [7, 11) is 2.12. The van der Waals surface area contributed by atoms with Crippen LogP contribution in [0.25, 0.3) is 11.1 Å². The van der Waals surface area contributed by atoms with Crippen LogP contribution in [0, 0.1) is 13.8 Å². The van der Waals surface area contributed by atoms with E-state index in [0.29, 0.717) is 0 Å². The monoisotopic (exact) mass is 343 g/mol. The summed E-state index contributed by atoms with van der Waals surface area (Å²) in [6.07, 6.45) is 0. The molecule has 0 unspecified atom stereocenters. The number of aryl methyl sites for hydroxylation is 2. The van der Waals surface area contributed by atoms with E-state index in [0.717, 1.165) is 0 Å². The molecule has 0 aliphatic heterocycles. The topological polar surface area (TPSA) is 3.24 Å². The molecule has 0 bridgehead atoms. The molecular weight excluding hydrogens is 314 g/mol. The van der Waals surface area contributed by atoms with Crippen LogP contribution in [0.1, 0.15) is 37.5 Å². The second-order valence-corrected chi connectivity index (χ2v) is 8.20. The van der Waals surface area contributed by atoms with Crippen LogP contribution in [0.2, 0.25) is 0 Å². The van der Waals surface area contributed by atoms with Gasteiger partial charge in [-0.2, -0.15) is 0 Å². The predicted molar refractivity (Wildman–Crippen MR) is 115 cm³/mol. The summed E-state index contributed by atoms with van der Waals surface area (Å²) in [4.78, 5) is 2.24. The molecule has 0 saturated carbocycles. The Morgan fingerprint density at radius 2 is 1.12 bits per heavy atom. The first-order valence-corrected chi connectivity index (χ1v) is 9.28. The van der Waals surface area contributed by atoms with Gasteiger partial charge in [0, 0.05) is 18.4 Å². The highest BCUT2D eigenvalue weighted by molar-refractivity contribution is 5.70. The van der Waals surface area contributed by atoms with E-state index in [1.807, 2.05) is 0 Å². The lowest BCUT2D eigenvalue weighted by molar-refractivity contribution is 0.590. The van der Waals surface area contributed by atoms with E-state index in [1.165, 1.54) is 39.2 Å². The summed E-state index contributed by atoms with van der Waals surface area (Å²) in [6.45, 7) is 11.1. The molecule has 0 fully saturated rings. The number of hydrogen-bond donors (Lipinski definition) is 0. The van der Waals surface area contributed by atoms with Crippen molar-refractivity contribution in [3.63, 3.8) is 0 Å². The lowest BCUT2D eigenvalue weighted by Gasteiger charge is -2.21. The third-order valence-corrected chi connectivity index (χ3v) is 5.22. The van der Waals surface area contributed by atoms with Crippen LogP contribution in [-0.2, 0) is 5.41 Å². The zero-order valence-corrected chi connectivity index (χ0v) is 16.8. The molecule has 0 aromatic heterocycles. The fourth-order valence-electron chi connectivity index (χ4n) is 3.12. The van der Waals surface area contributed by atoms with Crippen LogP contribution in [-0.4, -0.2) is 7.05 Å². The fourth-order valence-corrected chi connectivity index (χ4v) is 3.12. The van der Waals surface area contributed by atoms with Gasteiger partial charge in [0.15, 0.2) is 0 Å². The molecule has 1 nitrogen and oxygen atoms in total. The van der Waals surface area contributed by atoms with Gasteiger partial charge in [0.25, 0.3) is 0 Å². The van der Waals surface area contributed by atoms with Gasteiger partial charge < -0.3 is 4.90 Å². The average Bonchev–Trinajstić information content (AvgIpc) is 2.63. The van der Waals surface area contributed by atoms with Gasteiger partial charge in [-0.3, -0.25) is 0 Å². The molecule has 0 aliphatic rings. The summed E-state index contributed by atoms with van der Waals surface area (Å²) in [5.74, 6) is 0. The van der Waals surface area contributed by atoms with Crippen molar-refractivity contribution in [3.8, 4) is 11.1 Å². The van der Waals surface area contributed by atoms with E-state index >= 15 is 0 Å². The van der Waals surface area contributed by atoms with Crippen molar-refractivity contribution in [1.29, 1.82) is 0 Å². The average molecular weight is 344 g/mol. The van der Waals surface area contributed by atoms with E-state index in [1.54, 1.807) is 0 Å². The van der Waals surface area contributed by atoms with E-state index in [9.17, 15) is 0 Å². The maximum Gasteiger partial charge on any atom is 0.0410 e. The molecule has 134 valence electrons. The Bertz CT molecular complexity index is 881. The molecule has 0 atom stereocenters. The minimum atomic E-state index is 0.192. The summed E-state index contributed by atoms with van der Waals surface area (Å²) in [5.41, 5.74) is 9.14. The molecule has 0 spiro atoms. The SMILES string of the molecule is Cc1ccc(N(C)c2ccc(-c3ccc(C(C)(C)C)cc3)cc2)cc1C. The third kappa shape index (κ3) is 3.83. The second kappa shape index (κ2) is 6.99. The van der Waals surface area contributed by atoms with Gasteiger partial charge in [0.2, 0.25) is 0 Å². The van der Waals surface area contributed by atoms with E-state index in [2.05, 4.69) is 113 Å². The maximum absolute atomic E-state index is 2.25. The van der Waals surface area contributed by atoms with Crippen molar-refractivity contribution < 1.29 is 0 Å². The van der Waals surface area contributed by atoms with Gasteiger partial charge in [0.1, 0.15) is 0 Å². The highest BCUT2D eigenvalue weighted by Gasteiger charge is 2.13. The molecule has 0 aliphatic carbocycles. The summed E-state index contributed by atoms with van der Waals surface area (Å²) < 4.78 is 0. The van der Waals surface area contributed by atoms with Gasteiger partial charge >= 0.3 is 0 Å². The van der Waals surface area contributed by atoms with Crippen molar-refractivity contribution in [2.75, 3.05) is 11.9 Å². The van der Waals surface area contributed by atoms with Crippen molar-refractivity contribution in [2.24, 2.45) is 0 Å². The van der Waals surface area contributed by atoms with E-state index in [-0.39, 0.29) is 5.41 Å². The molecule has 3 rings (SSSR count). The first kappa shape index (κ1) is 18.3. The Hall–Kier alpha value is -2.54. The van der Waals surface area contributed by atoms with E-state index in [4.69, 9.17) is 0 Å². The number of benzene rings is 3. The van der Waals surface area contributed by atoms with Crippen LogP contribution in [0.5, 0.6) is 0 Å². The first-order valence-electron chi connectivity index (χ1n) is 9.28. The minimum Gasteiger partial charge on any atom is -0.345 e. The quantitative estimate of drug-likeness (QED) is 0.493. The van der Waals surface area contributed by atoms with Gasteiger partial charge in [0.05, 0.1) is 0 Å². The zero-order valence-electron chi connectivity index (χ0n) is 16.8. The zero-order chi connectivity index (χ0) is 18.9. The standard InChI is InChI=1S/C25H29N/c1-18-7-14-24(17-19(18)2)26(6)23-15-10-21(11-16-23)20-8-12-22(13-9-20)25(3,4)5/h7-17H,1-6H3. The van der Waals surface area contributed by atoms with Crippen LogP contribution < -0.4 is 4.90 Å². The van der Waals surface area contributed by atoms with Crippen molar-refractivity contribution in [3.05, 3.63) is 83.4 Å². The molecule has 0 saturated heterocycles. The van der Waals surface area contributed by atoms with Crippen molar-refractivity contribution >= 4 is 11.4 Å². The van der Waals surface area contributed by atoms with Gasteiger partial charge in [-0.1, -0.05) is 63.2 Å². The van der Waals surface area contributed by atoms with Crippen molar-refractivity contribution in [1.82, 2.24) is 0 Å². The largest absolute Gasteiger partial charge is 0.345 e. The minimum absolute atomic E-state index is 0.192. The van der Waals surface area contributed by atoms with Gasteiger partial charge in [-0.15, -0.1) is 0 Å². The van der Waals surface area contributed by atoms with Crippen LogP contribution in [0.15, 0.2) is 66.7 Å². The number of nitrogens with zero attached hydrogens (tertiary/aromatic N) is 1. The highest BCUT2D eigenvalue weighted by Crippen LogP contribution is 2.29. The molecular formula is C25H29N. The van der Waals surface area contributed by atoms with Crippen LogP contribution >= 0.6 is 0 Å².